The molecule has 1 heterocycles. The van der Waals surface area contributed by atoms with E-state index in [1.807, 2.05) is 19.2 Å². The number of benzene rings is 2. The molecule has 2 aromatic rings. The first-order chi connectivity index (χ1) is 14.3. The first-order valence-corrected chi connectivity index (χ1v) is 12.1. The van der Waals surface area contributed by atoms with Gasteiger partial charge in [0.25, 0.3) is 0 Å². The van der Waals surface area contributed by atoms with E-state index in [9.17, 15) is 13.2 Å². The van der Waals surface area contributed by atoms with Gasteiger partial charge in [-0.1, -0.05) is 42.3 Å². The molecule has 6 heteroatoms. The summed E-state index contributed by atoms with van der Waals surface area (Å²) in [6.45, 7) is 5.93. The van der Waals surface area contributed by atoms with Crippen LogP contribution in [0.3, 0.4) is 0 Å². The number of hydrogen-bond acceptors (Lipinski definition) is 3. The molecule has 0 spiro atoms. The van der Waals surface area contributed by atoms with Gasteiger partial charge in [0.1, 0.15) is 0 Å². The number of aryl methyl sites for hydroxylation is 3. The van der Waals surface area contributed by atoms with E-state index in [0.717, 1.165) is 30.4 Å². The number of rotatable bonds is 7. The summed E-state index contributed by atoms with van der Waals surface area (Å²) in [7, 11) is -1.58. The normalized spacial score (nSPS) is 15.2. The number of carbonyl (C=O) groups is 1. The third-order valence-electron chi connectivity index (χ3n) is 5.84. The number of piperidine rings is 1. The van der Waals surface area contributed by atoms with E-state index in [0.29, 0.717) is 37.4 Å². The first kappa shape index (κ1) is 22.5. The van der Waals surface area contributed by atoms with E-state index < -0.39 is 10.0 Å². The van der Waals surface area contributed by atoms with Crippen molar-refractivity contribution in [1.29, 1.82) is 0 Å². The van der Waals surface area contributed by atoms with E-state index in [2.05, 4.69) is 32.0 Å². The maximum absolute atomic E-state index is 12.7. The average molecular weight is 429 g/mol. The van der Waals surface area contributed by atoms with Gasteiger partial charge in [-0.2, -0.15) is 4.31 Å². The largest absolute Gasteiger partial charge is 0.341 e. The molecule has 3 rings (SSSR count). The summed E-state index contributed by atoms with van der Waals surface area (Å²) >= 11 is 0. The lowest BCUT2D eigenvalue weighted by Gasteiger charge is -2.25. The predicted molar refractivity (Wildman–Crippen MR) is 120 cm³/mol. The Labute approximate surface area is 180 Å². The predicted octanol–water partition coefficient (Wildman–Crippen LogP) is 4.07. The highest BCUT2D eigenvalue weighted by Gasteiger charge is 2.25. The number of hydrogen-bond donors (Lipinski definition) is 0. The Hall–Kier alpha value is -2.18. The maximum atomic E-state index is 12.7. The van der Waals surface area contributed by atoms with Crippen LogP contribution in [0, 0.1) is 13.8 Å². The van der Waals surface area contributed by atoms with Crippen LogP contribution in [0.1, 0.15) is 47.9 Å². The highest BCUT2D eigenvalue weighted by molar-refractivity contribution is 7.89. The van der Waals surface area contributed by atoms with Crippen LogP contribution in [-0.2, 0) is 27.8 Å². The first-order valence-electron chi connectivity index (χ1n) is 10.7. The zero-order valence-corrected chi connectivity index (χ0v) is 19.0. The second-order valence-corrected chi connectivity index (χ2v) is 10.2. The SMILES string of the molecule is Cc1ccc(CN(C)C(=O)CCc2ccc(S(=O)(=O)N3CCCCC3)cc2)c(C)c1. The van der Waals surface area contributed by atoms with Crippen molar-refractivity contribution in [3.05, 3.63) is 64.7 Å². The van der Waals surface area contributed by atoms with E-state index in [1.54, 1.807) is 21.3 Å². The van der Waals surface area contributed by atoms with E-state index in [4.69, 9.17) is 0 Å². The molecule has 0 unspecified atom stereocenters. The number of sulfonamides is 1. The molecule has 2 aromatic carbocycles. The quantitative estimate of drug-likeness (QED) is 0.668. The third kappa shape index (κ3) is 5.49. The van der Waals surface area contributed by atoms with Crippen molar-refractivity contribution in [2.24, 2.45) is 0 Å². The van der Waals surface area contributed by atoms with Crippen molar-refractivity contribution in [1.82, 2.24) is 9.21 Å². The number of amides is 1. The highest BCUT2D eigenvalue weighted by atomic mass is 32.2. The minimum Gasteiger partial charge on any atom is -0.341 e. The van der Waals surface area contributed by atoms with E-state index in [1.165, 1.54) is 11.1 Å². The Kier molecular flexibility index (Phi) is 7.32. The van der Waals surface area contributed by atoms with Crippen molar-refractivity contribution < 1.29 is 13.2 Å². The second-order valence-electron chi connectivity index (χ2n) is 8.29. The Bertz CT molecular complexity index is 978. The fourth-order valence-electron chi connectivity index (χ4n) is 3.89. The Morgan fingerprint density at radius 2 is 1.67 bits per heavy atom. The van der Waals surface area contributed by atoms with Crippen molar-refractivity contribution in [2.75, 3.05) is 20.1 Å². The second kappa shape index (κ2) is 9.75. The zero-order valence-electron chi connectivity index (χ0n) is 18.2. The molecule has 0 bridgehead atoms. The van der Waals surface area contributed by atoms with Crippen LogP contribution in [-0.4, -0.2) is 43.7 Å². The lowest BCUT2D eigenvalue weighted by molar-refractivity contribution is -0.130. The fourth-order valence-corrected chi connectivity index (χ4v) is 5.41. The number of carbonyl (C=O) groups excluding carboxylic acids is 1. The molecule has 5 nitrogen and oxygen atoms in total. The topological polar surface area (TPSA) is 57.7 Å². The van der Waals surface area contributed by atoms with Gasteiger partial charge in [-0.3, -0.25) is 4.79 Å². The Balaban J connectivity index is 1.55. The van der Waals surface area contributed by atoms with Crippen LogP contribution in [0.2, 0.25) is 0 Å². The van der Waals surface area contributed by atoms with Gasteiger partial charge in [0.15, 0.2) is 0 Å². The summed E-state index contributed by atoms with van der Waals surface area (Å²) in [4.78, 5) is 14.7. The standard InChI is InChI=1S/C24H32N2O3S/c1-19-7-11-22(20(2)17-19)18-25(3)24(27)14-10-21-8-12-23(13-9-21)30(28,29)26-15-5-4-6-16-26/h7-9,11-13,17H,4-6,10,14-16,18H2,1-3H3. The van der Waals surface area contributed by atoms with Crippen LogP contribution in [0.25, 0.3) is 0 Å². The van der Waals surface area contributed by atoms with Crippen LogP contribution in [0.15, 0.2) is 47.4 Å². The third-order valence-corrected chi connectivity index (χ3v) is 7.75. The molecule has 1 aliphatic heterocycles. The van der Waals surface area contributed by atoms with Gasteiger partial charge in [0.2, 0.25) is 15.9 Å². The van der Waals surface area contributed by atoms with E-state index in [-0.39, 0.29) is 5.91 Å². The van der Waals surface area contributed by atoms with Gasteiger partial charge in [-0.25, -0.2) is 8.42 Å². The molecular formula is C24H32N2O3S. The van der Waals surface area contributed by atoms with Crippen LogP contribution >= 0.6 is 0 Å². The van der Waals surface area contributed by atoms with Gasteiger partial charge in [-0.15, -0.1) is 0 Å². The molecule has 30 heavy (non-hydrogen) atoms. The Morgan fingerprint density at radius 1 is 1.00 bits per heavy atom. The molecule has 0 atom stereocenters. The molecule has 0 saturated carbocycles. The summed E-state index contributed by atoms with van der Waals surface area (Å²) < 4.78 is 27.1. The van der Waals surface area contributed by atoms with Gasteiger partial charge >= 0.3 is 0 Å². The summed E-state index contributed by atoms with van der Waals surface area (Å²) in [5.41, 5.74) is 4.54. The zero-order chi connectivity index (χ0) is 21.7. The lowest BCUT2D eigenvalue weighted by Crippen LogP contribution is -2.35. The molecule has 1 amide bonds. The molecule has 1 aliphatic rings. The van der Waals surface area contributed by atoms with Crippen molar-refractivity contribution >= 4 is 15.9 Å². The molecule has 162 valence electrons. The summed E-state index contributed by atoms with van der Waals surface area (Å²) in [6, 6.07) is 13.3. The van der Waals surface area contributed by atoms with Gasteiger partial charge < -0.3 is 4.90 Å². The van der Waals surface area contributed by atoms with E-state index >= 15 is 0 Å². The molecule has 0 aromatic heterocycles. The maximum Gasteiger partial charge on any atom is 0.243 e. The minimum atomic E-state index is -3.41. The van der Waals surface area contributed by atoms with Crippen molar-refractivity contribution in [2.45, 2.75) is 57.4 Å². The molecule has 1 fully saturated rings. The molecule has 0 aliphatic carbocycles. The molecular weight excluding hydrogens is 396 g/mol. The smallest absolute Gasteiger partial charge is 0.243 e. The summed E-state index contributed by atoms with van der Waals surface area (Å²) in [6.07, 6.45) is 3.95. The van der Waals surface area contributed by atoms with Crippen molar-refractivity contribution in [3.8, 4) is 0 Å². The van der Waals surface area contributed by atoms with Gasteiger partial charge in [0.05, 0.1) is 4.90 Å². The minimum absolute atomic E-state index is 0.0833. The van der Waals surface area contributed by atoms with Crippen molar-refractivity contribution in [3.63, 3.8) is 0 Å². The van der Waals surface area contributed by atoms with Crippen LogP contribution in [0.5, 0.6) is 0 Å². The average Bonchev–Trinajstić information content (AvgIpc) is 2.75. The number of nitrogens with zero attached hydrogens (tertiary/aromatic N) is 2. The Morgan fingerprint density at radius 3 is 2.30 bits per heavy atom. The summed E-state index contributed by atoms with van der Waals surface area (Å²) in [5.74, 6) is 0.0833. The van der Waals surface area contributed by atoms with Crippen LogP contribution in [0.4, 0.5) is 0 Å². The molecule has 0 radical (unpaired) electrons. The monoisotopic (exact) mass is 428 g/mol. The molecule has 0 N–H and O–H groups in total. The van der Waals surface area contributed by atoms with Gasteiger partial charge in [0, 0.05) is 33.1 Å². The van der Waals surface area contributed by atoms with Crippen LogP contribution < -0.4 is 0 Å². The lowest BCUT2D eigenvalue weighted by atomic mass is 10.0. The fraction of sp³-hybridized carbons (Fsp3) is 0.458. The molecule has 1 saturated heterocycles. The summed E-state index contributed by atoms with van der Waals surface area (Å²) in [5, 5.41) is 0. The highest BCUT2D eigenvalue weighted by Crippen LogP contribution is 2.21. The van der Waals surface area contributed by atoms with Gasteiger partial charge in [-0.05, 0) is 61.9 Å².